The molecule has 1 rings (SSSR count). The normalized spacial score (nSPS) is 34.8. The topological polar surface area (TPSA) is 3.24 Å². The molecular formula is C9H19N. The van der Waals surface area contributed by atoms with Gasteiger partial charge in [-0.3, -0.25) is 0 Å². The quantitative estimate of drug-likeness (QED) is 0.540. The first-order valence-corrected chi connectivity index (χ1v) is 4.38. The Kier molecular flexibility index (Phi) is 2.72. The number of nitrogens with zero attached hydrogens (tertiary/aromatic N) is 1. The maximum atomic E-state index is 2.38. The maximum Gasteiger partial charge on any atom is 0.0115 e. The molecule has 0 aromatic rings. The molecule has 0 heterocycles. The van der Waals surface area contributed by atoms with Gasteiger partial charge < -0.3 is 4.90 Å². The highest BCUT2D eigenvalue weighted by molar-refractivity contribution is 4.77. The third-order valence-corrected chi connectivity index (χ3v) is 2.73. The van der Waals surface area contributed by atoms with Crippen molar-refractivity contribution in [2.45, 2.75) is 38.6 Å². The van der Waals surface area contributed by atoms with Gasteiger partial charge in [0.15, 0.2) is 0 Å². The molecule has 2 atom stereocenters. The third-order valence-electron chi connectivity index (χ3n) is 2.73. The fourth-order valence-electron chi connectivity index (χ4n) is 2.06. The van der Waals surface area contributed by atoms with Crippen molar-refractivity contribution < 1.29 is 0 Å². The van der Waals surface area contributed by atoms with E-state index in [2.05, 4.69) is 25.9 Å². The lowest BCUT2D eigenvalue weighted by molar-refractivity contribution is 0.167. The highest BCUT2D eigenvalue weighted by atomic mass is 15.1. The van der Waals surface area contributed by atoms with Gasteiger partial charge in [0.25, 0.3) is 0 Å². The van der Waals surface area contributed by atoms with Crippen LogP contribution in [-0.4, -0.2) is 25.0 Å². The molecule has 0 radical (unpaired) electrons. The standard InChI is InChI=1S/C9H19N/c1-8-6-4-5-7-9(8)10(2)3/h8-9H,4-7H2,1-3H3/t8?,9-/m1/s1. The first-order chi connectivity index (χ1) is 4.72. The van der Waals surface area contributed by atoms with Crippen molar-refractivity contribution >= 4 is 0 Å². The SMILES string of the molecule is CC1CCCC[C@H]1N(C)C. The molecule has 0 aromatic carbocycles. The molecule has 1 nitrogen and oxygen atoms in total. The second kappa shape index (κ2) is 3.38. The summed E-state index contributed by atoms with van der Waals surface area (Å²) in [5.74, 6) is 0.920. The lowest BCUT2D eigenvalue weighted by Gasteiger charge is -2.33. The van der Waals surface area contributed by atoms with Gasteiger partial charge in [0, 0.05) is 6.04 Å². The van der Waals surface area contributed by atoms with Crippen LogP contribution in [0.25, 0.3) is 0 Å². The van der Waals surface area contributed by atoms with Crippen LogP contribution in [0.3, 0.4) is 0 Å². The summed E-state index contributed by atoms with van der Waals surface area (Å²) in [6.07, 6.45) is 5.73. The van der Waals surface area contributed by atoms with Crippen LogP contribution in [0.2, 0.25) is 0 Å². The van der Waals surface area contributed by atoms with Crippen LogP contribution in [0, 0.1) is 5.92 Å². The lowest BCUT2D eigenvalue weighted by Crippen LogP contribution is -2.36. The zero-order valence-electron chi connectivity index (χ0n) is 7.43. The van der Waals surface area contributed by atoms with Gasteiger partial charge in [-0.1, -0.05) is 19.8 Å². The van der Waals surface area contributed by atoms with E-state index in [-0.39, 0.29) is 0 Å². The first kappa shape index (κ1) is 8.06. The fourth-order valence-corrected chi connectivity index (χ4v) is 2.06. The predicted molar refractivity (Wildman–Crippen MR) is 45.1 cm³/mol. The van der Waals surface area contributed by atoms with E-state index < -0.39 is 0 Å². The molecule has 0 aliphatic heterocycles. The van der Waals surface area contributed by atoms with Crippen LogP contribution in [0.5, 0.6) is 0 Å². The molecule has 1 unspecified atom stereocenters. The van der Waals surface area contributed by atoms with Gasteiger partial charge in [-0.15, -0.1) is 0 Å². The summed E-state index contributed by atoms with van der Waals surface area (Å²) in [5, 5.41) is 0. The molecule has 1 aliphatic rings. The Morgan fingerprint density at radius 1 is 1.10 bits per heavy atom. The highest BCUT2D eigenvalue weighted by Gasteiger charge is 2.22. The van der Waals surface area contributed by atoms with Crippen molar-refractivity contribution in [3.8, 4) is 0 Å². The van der Waals surface area contributed by atoms with E-state index in [0.717, 1.165) is 12.0 Å². The molecule has 1 heteroatoms. The summed E-state index contributed by atoms with van der Waals surface area (Å²) in [6, 6.07) is 0.855. The lowest BCUT2D eigenvalue weighted by atomic mass is 9.85. The molecule has 0 aromatic heterocycles. The minimum atomic E-state index is 0.855. The van der Waals surface area contributed by atoms with Gasteiger partial charge in [-0.2, -0.15) is 0 Å². The summed E-state index contributed by atoms with van der Waals surface area (Å²) < 4.78 is 0. The average Bonchev–Trinajstić information content (AvgIpc) is 1.88. The van der Waals surface area contributed by atoms with Crippen molar-refractivity contribution in [2.24, 2.45) is 5.92 Å². The van der Waals surface area contributed by atoms with Gasteiger partial charge in [0.1, 0.15) is 0 Å². The van der Waals surface area contributed by atoms with Crippen LogP contribution in [-0.2, 0) is 0 Å². The number of rotatable bonds is 1. The van der Waals surface area contributed by atoms with Crippen LogP contribution < -0.4 is 0 Å². The summed E-state index contributed by atoms with van der Waals surface area (Å²) in [5.41, 5.74) is 0. The number of hydrogen-bond acceptors (Lipinski definition) is 1. The van der Waals surface area contributed by atoms with Crippen molar-refractivity contribution in [3.63, 3.8) is 0 Å². The second-order valence-electron chi connectivity index (χ2n) is 3.79. The maximum absolute atomic E-state index is 2.38. The predicted octanol–water partition coefficient (Wildman–Crippen LogP) is 2.13. The van der Waals surface area contributed by atoms with Crippen molar-refractivity contribution in [1.29, 1.82) is 0 Å². The largest absolute Gasteiger partial charge is 0.306 e. The van der Waals surface area contributed by atoms with Crippen LogP contribution in [0.1, 0.15) is 32.6 Å². The molecule has 1 fully saturated rings. The first-order valence-electron chi connectivity index (χ1n) is 4.38. The van der Waals surface area contributed by atoms with E-state index in [0.29, 0.717) is 0 Å². The van der Waals surface area contributed by atoms with E-state index in [9.17, 15) is 0 Å². The molecule has 0 bridgehead atoms. The Hall–Kier alpha value is -0.0400. The molecule has 10 heavy (non-hydrogen) atoms. The Bertz CT molecular complexity index is 98.9. The van der Waals surface area contributed by atoms with Gasteiger partial charge in [-0.25, -0.2) is 0 Å². The van der Waals surface area contributed by atoms with E-state index in [4.69, 9.17) is 0 Å². The molecule has 0 amide bonds. The Morgan fingerprint density at radius 2 is 1.70 bits per heavy atom. The van der Waals surface area contributed by atoms with E-state index in [1.165, 1.54) is 25.7 Å². The van der Waals surface area contributed by atoms with E-state index in [1.807, 2.05) is 0 Å². The molecule has 1 saturated carbocycles. The van der Waals surface area contributed by atoms with E-state index >= 15 is 0 Å². The van der Waals surface area contributed by atoms with Gasteiger partial charge in [0.05, 0.1) is 0 Å². The fraction of sp³-hybridized carbons (Fsp3) is 1.00. The summed E-state index contributed by atoms with van der Waals surface area (Å²) in [7, 11) is 4.40. The highest BCUT2D eigenvalue weighted by Crippen LogP contribution is 2.26. The van der Waals surface area contributed by atoms with Gasteiger partial charge >= 0.3 is 0 Å². The Labute approximate surface area is 64.4 Å². The minimum absolute atomic E-state index is 0.855. The second-order valence-corrected chi connectivity index (χ2v) is 3.79. The zero-order valence-corrected chi connectivity index (χ0v) is 7.43. The van der Waals surface area contributed by atoms with Crippen molar-refractivity contribution in [1.82, 2.24) is 4.90 Å². The molecule has 0 spiro atoms. The van der Waals surface area contributed by atoms with Crippen molar-refractivity contribution in [2.75, 3.05) is 14.1 Å². The molecular weight excluding hydrogens is 122 g/mol. The molecule has 0 N–H and O–H groups in total. The zero-order chi connectivity index (χ0) is 7.56. The van der Waals surface area contributed by atoms with Crippen molar-refractivity contribution in [3.05, 3.63) is 0 Å². The summed E-state index contributed by atoms with van der Waals surface area (Å²) in [4.78, 5) is 2.38. The van der Waals surface area contributed by atoms with Gasteiger partial charge in [-0.05, 0) is 32.9 Å². The summed E-state index contributed by atoms with van der Waals surface area (Å²) in [6.45, 7) is 2.38. The molecule has 60 valence electrons. The summed E-state index contributed by atoms with van der Waals surface area (Å²) >= 11 is 0. The minimum Gasteiger partial charge on any atom is -0.306 e. The van der Waals surface area contributed by atoms with Gasteiger partial charge in [0.2, 0.25) is 0 Å². The van der Waals surface area contributed by atoms with Crippen LogP contribution in [0.4, 0.5) is 0 Å². The Balaban J connectivity index is 2.40. The number of hydrogen-bond donors (Lipinski definition) is 0. The van der Waals surface area contributed by atoms with Crippen LogP contribution in [0.15, 0.2) is 0 Å². The van der Waals surface area contributed by atoms with E-state index in [1.54, 1.807) is 0 Å². The third kappa shape index (κ3) is 1.72. The smallest absolute Gasteiger partial charge is 0.0115 e. The van der Waals surface area contributed by atoms with Crippen LogP contribution >= 0.6 is 0 Å². The Morgan fingerprint density at radius 3 is 2.10 bits per heavy atom. The molecule has 0 saturated heterocycles. The average molecular weight is 141 g/mol. The molecule has 1 aliphatic carbocycles. The monoisotopic (exact) mass is 141 g/mol.